The maximum absolute atomic E-state index is 12.4. The van der Waals surface area contributed by atoms with E-state index in [1.165, 1.54) is 17.4 Å². The van der Waals surface area contributed by atoms with Gasteiger partial charge in [0.05, 0.1) is 29.3 Å². The van der Waals surface area contributed by atoms with Crippen LogP contribution in [0.15, 0.2) is 27.9 Å². The van der Waals surface area contributed by atoms with Crippen molar-refractivity contribution in [3.8, 4) is 0 Å². The van der Waals surface area contributed by atoms with E-state index in [-0.39, 0.29) is 18.0 Å². The highest BCUT2D eigenvalue weighted by Crippen LogP contribution is 2.21. The number of aliphatic hydroxyl groups excluding tert-OH is 1. The number of aryl methyl sites for hydroxylation is 1. The molecule has 2 N–H and O–H groups in total. The first kappa shape index (κ1) is 15.1. The van der Waals surface area contributed by atoms with Gasteiger partial charge in [-0.1, -0.05) is 6.07 Å². The Labute approximate surface area is 122 Å². The topological polar surface area (TPSA) is 79.3 Å². The Balaban J connectivity index is 2.31. The number of sulfonamides is 1. The van der Waals surface area contributed by atoms with Crippen molar-refractivity contribution >= 4 is 21.4 Å². The highest BCUT2D eigenvalue weighted by atomic mass is 32.2. The number of rotatable bonds is 5. The van der Waals surface area contributed by atoms with Crippen molar-refractivity contribution < 1.29 is 13.5 Å². The van der Waals surface area contributed by atoms with E-state index in [1.807, 2.05) is 6.92 Å². The summed E-state index contributed by atoms with van der Waals surface area (Å²) < 4.78 is 27.2. The molecule has 2 aromatic rings. The summed E-state index contributed by atoms with van der Waals surface area (Å²) in [7, 11) is -3.62. The van der Waals surface area contributed by atoms with E-state index in [1.54, 1.807) is 23.9 Å². The van der Waals surface area contributed by atoms with Crippen LogP contribution in [0.1, 0.15) is 22.4 Å². The number of nitrogens with one attached hydrogen (secondary N) is 1. The predicted molar refractivity (Wildman–Crippen MR) is 78.0 cm³/mol. The van der Waals surface area contributed by atoms with Crippen LogP contribution < -0.4 is 4.72 Å². The average Bonchev–Trinajstić information content (AvgIpc) is 2.92. The second-order valence-corrected chi connectivity index (χ2v) is 6.95. The third-order valence-corrected chi connectivity index (χ3v) is 5.24. The van der Waals surface area contributed by atoms with Crippen molar-refractivity contribution in [3.63, 3.8) is 0 Å². The molecule has 1 heterocycles. The number of hydrogen-bond donors (Lipinski definition) is 2. The summed E-state index contributed by atoms with van der Waals surface area (Å²) in [6.07, 6.45) is 0. The zero-order valence-electron chi connectivity index (χ0n) is 11.3. The third-order valence-electron chi connectivity index (χ3n) is 3.08. The monoisotopic (exact) mass is 312 g/mol. The summed E-state index contributed by atoms with van der Waals surface area (Å²) in [5.41, 5.74) is 4.46. The Morgan fingerprint density at radius 3 is 2.70 bits per heavy atom. The van der Waals surface area contributed by atoms with E-state index in [0.29, 0.717) is 16.8 Å². The minimum absolute atomic E-state index is 0.160. The second-order valence-electron chi connectivity index (χ2n) is 4.50. The first-order chi connectivity index (χ1) is 9.44. The molecule has 5 nitrogen and oxygen atoms in total. The molecule has 0 radical (unpaired) electrons. The van der Waals surface area contributed by atoms with Gasteiger partial charge in [-0.25, -0.2) is 18.1 Å². The van der Waals surface area contributed by atoms with Crippen LogP contribution in [0.4, 0.5) is 0 Å². The van der Waals surface area contributed by atoms with Gasteiger partial charge in [-0.2, -0.15) is 0 Å². The zero-order chi connectivity index (χ0) is 14.8. The molecule has 1 aromatic carbocycles. The fourth-order valence-electron chi connectivity index (χ4n) is 1.84. The lowest BCUT2D eigenvalue weighted by Crippen LogP contribution is -2.24. The van der Waals surface area contributed by atoms with Crippen LogP contribution >= 0.6 is 11.3 Å². The van der Waals surface area contributed by atoms with E-state index in [4.69, 9.17) is 0 Å². The average molecular weight is 312 g/mol. The summed E-state index contributed by atoms with van der Waals surface area (Å²) >= 11 is 1.42. The van der Waals surface area contributed by atoms with Crippen LogP contribution in [0, 0.1) is 13.8 Å². The molecule has 7 heteroatoms. The number of nitrogens with zero attached hydrogens (tertiary/aromatic N) is 1. The highest BCUT2D eigenvalue weighted by Gasteiger charge is 2.19. The minimum Gasteiger partial charge on any atom is -0.392 e. The SMILES string of the molecule is Cc1cc(CO)cc(S(=O)(=O)NCc2cscn2)c1C. The lowest BCUT2D eigenvalue weighted by atomic mass is 10.1. The number of thiazole rings is 1. The van der Waals surface area contributed by atoms with E-state index >= 15 is 0 Å². The van der Waals surface area contributed by atoms with Crippen molar-refractivity contribution in [2.24, 2.45) is 0 Å². The molecule has 0 aliphatic carbocycles. The molecule has 0 bridgehead atoms. The quantitative estimate of drug-likeness (QED) is 0.881. The highest BCUT2D eigenvalue weighted by molar-refractivity contribution is 7.89. The van der Waals surface area contributed by atoms with Crippen molar-refractivity contribution in [2.75, 3.05) is 0 Å². The molecule has 0 saturated carbocycles. The molecule has 20 heavy (non-hydrogen) atoms. The van der Waals surface area contributed by atoms with Gasteiger partial charge in [0.2, 0.25) is 10.0 Å². The van der Waals surface area contributed by atoms with Gasteiger partial charge in [-0.05, 0) is 36.6 Å². The lowest BCUT2D eigenvalue weighted by molar-refractivity contribution is 0.281. The maximum Gasteiger partial charge on any atom is 0.241 e. The summed E-state index contributed by atoms with van der Waals surface area (Å²) in [5, 5.41) is 11.0. The molecule has 0 unspecified atom stereocenters. The normalized spacial score (nSPS) is 11.8. The smallest absolute Gasteiger partial charge is 0.241 e. The first-order valence-corrected chi connectivity index (χ1v) is 8.44. The van der Waals surface area contributed by atoms with E-state index < -0.39 is 10.0 Å². The van der Waals surface area contributed by atoms with Gasteiger partial charge in [-0.15, -0.1) is 11.3 Å². The molecule has 0 spiro atoms. The summed E-state index contributed by atoms with van der Waals surface area (Å²) in [5.74, 6) is 0. The van der Waals surface area contributed by atoms with Crippen molar-refractivity contribution in [1.82, 2.24) is 9.71 Å². The fourth-order valence-corrected chi connectivity index (χ4v) is 3.76. The fraction of sp³-hybridized carbons (Fsp3) is 0.308. The zero-order valence-corrected chi connectivity index (χ0v) is 12.9. The number of aromatic nitrogens is 1. The van der Waals surface area contributed by atoms with Gasteiger partial charge in [0.15, 0.2) is 0 Å². The molecule has 0 saturated heterocycles. The molecule has 0 fully saturated rings. The van der Waals surface area contributed by atoms with Crippen molar-refractivity contribution in [2.45, 2.75) is 31.9 Å². The molecule has 108 valence electrons. The summed E-state index contributed by atoms with van der Waals surface area (Å²) in [4.78, 5) is 4.24. The van der Waals surface area contributed by atoms with Crippen LogP contribution in [0.5, 0.6) is 0 Å². The summed E-state index contributed by atoms with van der Waals surface area (Å²) in [6.45, 7) is 3.56. The summed E-state index contributed by atoms with van der Waals surface area (Å²) in [6, 6.07) is 3.29. The van der Waals surface area contributed by atoms with E-state index in [2.05, 4.69) is 9.71 Å². The Morgan fingerprint density at radius 2 is 2.10 bits per heavy atom. The van der Waals surface area contributed by atoms with Crippen LogP contribution in [-0.2, 0) is 23.2 Å². The molecule has 0 atom stereocenters. The standard InChI is InChI=1S/C13H16N2O3S2/c1-9-3-11(6-16)4-13(10(9)2)20(17,18)15-5-12-7-19-8-14-12/h3-4,7-8,15-16H,5-6H2,1-2H3. The minimum atomic E-state index is -3.62. The van der Waals surface area contributed by atoms with Crippen LogP contribution in [0.25, 0.3) is 0 Å². The van der Waals surface area contributed by atoms with Gasteiger partial charge < -0.3 is 5.11 Å². The van der Waals surface area contributed by atoms with Crippen molar-refractivity contribution in [3.05, 3.63) is 45.4 Å². The molecular formula is C13H16N2O3S2. The largest absolute Gasteiger partial charge is 0.392 e. The number of benzene rings is 1. The Bertz CT molecular complexity index is 695. The van der Waals surface area contributed by atoms with Gasteiger partial charge in [0.25, 0.3) is 0 Å². The Kier molecular flexibility index (Phi) is 4.54. The molecule has 1 aromatic heterocycles. The molecule has 2 rings (SSSR count). The van der Waals surface area contributed by atoms with Crippen LogP contribution in [0.3, 0.4) is 0 Å². The van der Waals surface area contributed by atoms with Gasteiger partial charge in [-0.3, -0.25) is 0 Å². The molecule has 0 aliphatic rings. The second kappa shape index (κ2) is 6.01. The molecule has 0 aliphatic heterocycles. The first-order valence-electron chi connectivity index (χ1n) is 6.02. The molecule has 0 amide bonds. The number of aliphatic hydroxyl groups is 1. The van der Waals surface area contributed by atoms with Crippen molar-refractivity contribution in [1.29, 1.82) is 0 Å². The van der Waals surface area contributed by atoms with Gasteiger partial charge in [0.1, 0.15) is 0 Å². The predicted octanol–water partition coefficient (Wildman–Crippen LogP) is 1.73. The molecular weight excluding hydrogens is 296 g/mol. The Hall–Kier alpha value is -1.28. The van der Waals surface area contributed by atoms with Crippen LogP contribution in [0.2, 0.25) is 0 Å². The van der Waals surface area contributed by atoms with E-state index in [9.17, 15) is 13.5 Å². The third kappa shape index (κ3) is 3.24. The Morgan fingerprint density at radius 1 is 1.35 bits per heavy atom. The van der Waals surface area contributed by atoms with E-state index in [0.717, 1.165) is 5.56 Å². The number of hydrogen-bond acceptors (Lipinski definition) is 5. The van der Waals surface area contributed by atoms with Gasteiger partial charge in [0, 0.05) is 5.38 Å². The maximum atomic E-state index is 12.4. The van der Waals surface area contributed by atoms with Gasteiger partial charge >= 0.3 is 0 Å². The lowest BCUT2D eigenvalue weighted by Gasteiger charge is -2.12. The van der Waals surface area contributed by atoms with Crippen LogP contribution in [-0.4, -0.2) is 18.5 Å².